The van der Waals surface area contributed by atoms with Crippen LogP contribution in [0.4, 0.5) is 11.4 Å². The van der Waals surface area contributed by atoms with Gasteiger partial charge < -0.3 is 15.7 Å². The monoisotopic (exact) mass is 270 g/mol. The quantitative estimate of drug-likeness (QED) is 0.782. The van der Waals surface area contributed by atoms with Crippen molar-refractivity contribution in [2.45, 2.75) is 13.5 Å². The summed E-state index contributed by atoms with van der Waals surface area (Å²) in [5.74, 6) is -0.421. The van der Waals surface area contributed by atoms with Gasteiger partial charge in [0.1, 0.15) is 6.61 Å². The van der Waals surface area contributed by atoms with E-state index in [0.29, 0.717) is 12.2 Å². The molecule has 0 aromatic heterocycles. The molecule has 0 saturated heterocycles. The highest BCUT2D eigenvalue weighted by molar-refractivity contribution is 5.94. The number of hydrogen-bond acceptors (Lipinski definition) is 3. The molecule has 20 heavy (non-hydrogen) atoms. The Labute approximate surface area is 118 Å². The molecule has 0 radical (unpaired) electrons. The van der Waals surface area contributed by atoms with Crippen molar-refractivity contribution in [2.75, 3.05) is 17.2 Å². The fourth-order valence-corrected chi connectivity index (χ4v) is 1.93. The molecule has 0 bridgehead atoms. The van der Waals surface area contributed by atoms with Crippen LogP contribution in [0, 0.1) is 6.92 Å². The van der Waals surface area contributed by atoms with Crippen molar-refractivity contribution in [3.05, 3.63) is 59.7 Å². The molecule has 0 atom stereocenters. The van der Waals surface area contributed by atoms with Crippen LogP contribution in [-0.2, 0) is 11.3 Å². The Morgan fingerprint density at radius 2 is 1.70 bits per heavy atom. The second-order valence-corrected chi connectivity index (χ2v) is 4.53. The molecule has 4 nitrogen and oxygen atoms in total. The van der Waals surface area contributed by atoms with Gasteiger partial charge in [-0.1, -0.05) is 36.4 Å². The summed E-state index contributed by atoms with van der Waals surface area (Å²) >= 11 is 0. The first-order valence-electron chi connectivity index (χ1n) is 6.49. The standard InChI is InChI=1S/C16H18N2O2/c1-12-6-2-3-7-13(12)10-17-14-8-4-5-9-15(14)18-16(20)11-19/h2-9,17,19H,10-11H2,1H3,(H,18,20). The molecule has 104 valence electrons. The van der Waals surface area contributed by atoms with Gasteiger partial charge in [-0.15, -0.1) is 0 Å². The lowest BCUT2D eigenvalue weighted by Crippen LogP contribution is -2.16. The lowest BCUT2D eigenvalue weighted by molar-refractivity contribution is -0.118. The Bertz CT molecular complexity index is 597. The molecule has 0 aliphatic heterocycles. The molecule has 2 rings (SSSR count). The summed E-state index contributed by atoms with van der Waals surface area (Å²) in [6, 6.07) is 15.6. The average Bonchev–Trinajstić information content (AvgIpc) is 2.47. The van der Waals surface area contributed by atoms with Crippen molar-refractivity contribution in [3.63, 3.8) is 0 Å². The van der Waals surface area contributed by atoms with Gasteiger partial charge in [0, 0.05) is 6.54 Å². The zero-order chi connectivity index (χ0) is 14.4. The third-order valence-corrected chi connectivity index (χ3v) is 3.08. The zero-order valence-electron chi connectivity index (χ0n) is 11.4. The first-order valence-corrected chi connectivity index (χ1v) is 6.49. The van der Waals surface area contributed by atoms with Crippen LogP contribution in [0.2, 0.25) is 0 Å². The summed E-state index contributed by atoms with van der Waals surface area (Å²) in [4.78, 5) is 11.3. The van der Waals surface area contributed by atoms with E-state index in [1.165, 1.54) is 11.1 Å². The molecule has 0 spiro atoms. The number of aryl methyl sites for hydroxylation is 1. The maximum atomic E-state index is 11.3. The summed E-state index contributed by atoms with van der Waals surface area (Å²) in [5.41, 5.74) is 3.92. The average molecular weight is 270 g/mol. The number of aliphatic hydroxyl groups is 1. The number of anilines is 2. The van der Waals surface area contributed by atoms with Crippen LogP contribution in [0.1, 0.15) is 11.1 Å². The van der Waals surface area contributed by atoms with Gasteiger partial charge in [0.2, 0.25) is 5.91 Å². The second-order valence-electron chi connectivity index (χ2n) is 4.53. The molecule has 3 N–H and O–H groups in total. The Morgan fingerprint density at radius 3 is 2.40 bits per heavy atom. The molecule has 0 unspecified atom stereocenters. The number of aliphatic hydroxyl groups excluding tert-OH is 1. The third kappa shape index (κ3) is 3.59. The summed E-state index contributed by atoms with van der Waals surface area (Å²) in [6.45, 7) is 2.22. The maximum absolute atomic E-state index is 11.3. The molecule has 0 aliphatic rings. The largest absolute Gasteiger partial charge is 0.387 e. The lowest BCUT2D eigenvalue weighted by Gasteiger charge is -2.13. The van der Waals surface area contributed by atoms with Gasteiger partial charge in [0.15, 0.2) is 0 Å². The topological polar surface area (TPSA) is 61.4 Å². The molecule has 2 aromatic rings. The summed E-state index contributed by atoms with van der Waals surface area (Å²) < 4.78 is 0. The lowest BCUT2D eigenvalue weighted by atomic mass is 10.1. The minimum Gasteiger partial charge on any atom is -0.387 e. The van der Waals surface area contributed by atoms with E-state index in [9.17, 15) is 4.79 Å². The minimum absolute atomic E-state index is 0.421. The number of rotatable bonds is 5. The second kappa shape index (κ2) is 6.73. The summed E-state index contributed by atoms with van der Waals surface area (Å²) in [5, 5.41) is 14.8. The molecular weight excluding hydrogens is 252 g/mol. The highest BCUT2D eigenvalue weighted by Gasteiger charge is 2.05. The molecule has 0 saturated carbocycles. The summed E-state index contributed by atoms with van der Waals surface area (Å²) in [6.07, 6.45) is 0. The molecule has 4 heteroatoms. The third-order valence-electron chi connectivity index (χ3n) is 3.08. The van der Waals surface area contributed by atoms with Gasteiger partial charge in [-0.25, -0.2) is 0 Å². The van der Waals surface area contributed by atoms with E-state index in [0.717, 1.165) is 5.69 Å². The van der Waals surface area contributed by atoms with Crippen molar-refractivity contribution < 1.29 is 9.90 Å². The zero-order valence-corrected chi connectivity index (χ0v) is 11.4. The normalized spacial score (nSPS) is 10.1. The highest BCUT2D eigenvalue weighted by Crippen LogP contribution is 2.22. The van der Waals surface area contributed by atoms with Crippen LogP contribution < -0.4 is 10.6 Å². The van der Waals surface area contributed by atoms with Gasteiger partial charge in [-0.2, -0.15) is 0 Å². The Hall–Kier alpha value is -2.33. The van der Waals surface area contributed by atoms with Crippen molar-refractivity contribution in [2.24, 2.45) is 0 Å². The first kappa shape index (κ1) is 14.1. The molecule has 0 aliphatic carbocycles. The van der Waals surface area contributed by atoms with Gasteiger partial charge >= 0.3 is 0 Å². The summed E-state index contributed by atoms with van der Waals surface area (Å²) in [7, 11) is 0. The van der Waals surface area contributed by atoms with Crippen LogP contribution in [0.3, 0.4) is 0 Å². The van der Waals surface area contributed by atoms with Crippen molar-refractivity contribution in [1.82, 2.24) is 0 Å². The number of carbonyl (C=O) groups is 1. The predicted molar refractivity (Wildman–Crippen MR) is 80.7 cm³/mol. The molecular formula is C16H18N2O2. The number of para-hydroxylation sites is 2. The number of benzene rings is 2. The van der Waals surface area contributed by atoms with Crippen molar-refractivity contribution in [3.8, 4) is 0 Å². The SMILES string of the molecule is Cc1ccccc1CNc1ccccc1NC(=O)CO. The van der Waals surface area contributed by atoms with Crippen LogP contribution in [0.5, 0.6) is 0 Å². The smallest absolute Gasteiger partial charge is 0.250 e. The van der Waals surface area contributed by atoms with Crippen LogP contribution in [0.15, 0.2) is 48.5 Å². The van der Waals surface area contributed by atoms with E-state index in [1.807, 2.05) is 30.3 Å². The molecule has 0 fully saturated rings. The number of carbonyl (C=O) groups excluding carboxylic acids is 1. The Balaban J connectivity index is 2.10. The Kier molecular flexibility index (Phi) is 4.74. The van der Waals surface area contributed by atoms with Gasteiger partial charge in [0.05, 0.1) is 11.4 Å². The van der Waals surface area contributed by atoms with E-state index < -0.39 is 12.5 Å². The van der Waals surface area contributed by atoms with Crippen LogP contribution in [0.25, 0.3) is 0 Å². The van der Waals surface area contributed by atoms with Crippen LogP contribution in [-0.4, -0.2) is 17.6 Å². The van der Waals surface area contributed by atoms with E-state index in [-0.39, 0.29) is 0 Å². The van der Waals surface area contributed by atoms with E-state index >= 15 is 0 Å². The van der Waals surface area contributed by atoms with Gasteiger partial charge in [0.25, 0.3) is 0 Å². The van der Waals surface area contributed by atoms with Gasteiger partial charge in [-0.05, 0) is 30.2 Å². The fourth-order valence-electron chi connectivity index (χ4n) is 1.93. The Morgan fingerprint density at radius 1 is 1.05 bits per heavy atom. The maximum Gasteiger partial charge on any atom is 0.250 e. The number of nitrogens with one attached hydrogen (secondary N) is 2. The van der Waals surface area contributed by atoms with Crippen molar-refractivity contribution in [1.29, 1.82) is 0 Å². The number of hydrogen-bond donors (Lipinski definition) is 3. The molecule has 0 heterocycles. The van der Waals surface area contributed by atoms with Crippen molar-refractivity contribution >= 4 is 17.3 Å². The predicted octanol–water partition coefficient (Wildman–Crippen LogP) is 2.54. The van der Waals surface area contributed by atoms with E-state index in [1.54, 1.807) is 6.07 Å². The van der Waals surface area contributed by atoms with E-state index in [4.69, 9.17) is 5.11 Å². The van der Waals surface area contributed by atoms with Gasteiger partial charge in [-0.3, -0.25) is 4.79 Å². The first-order chi connectivity index (χ1) is 9.70. The highest BCUT2D eigenvalue weighted by atomic mass is 16.3. The molecule has 1 amide bonds. The molecule has 2 aromatic carbocycles. The number of amides is 1. The fraction of sp³-hybridized carbons (Fsp3) is 0.188. The van der Waals surface area contributed by atoms with E-state index in [2.05, 4.69) is 29.7 Å². The van der Waals surface area contributed by atoms with Crippen LogP contribution >= 0.6 is 0 Å². The minimum atomic E-state index is -0.522.